The van der Waals surface area contributed by atoms with Gasteiger partial charge < -0.3 is 0 Å². The van der Waals surface area contributed by atoms with E-state index >= 15 is 0 Å². The number of hydrogen-bond donors (Lipinski definition) is 0. The zero-order chi connectivity index (χ0) is 13.3. The van der Waals surface area contributed by atoms with Crippen LogP contribution in [0.1, 0.15) is 26.3 Å². The highest BCUT2D eigenvalue weighted by atomic mass is 19.1. The summed E-state index contributed by atoms with van der Waals surface area (Å²) in [5.41, 5.74) is 2.17. The standard InChI is InChI=1S/C16H16F2/c1-16(2,3)13-7-12(9-15(18)10-13)11-5-4-6-14(17)8-11/h4-10H,1-3H3. The van der Waals surface area contributed by atoms with Crippen LogP contribution in [-0.4, -0.2) is 0 Å². The van der Waals surface area contributed by atoms with E-state index in [0.717, 1.165) is 5.56 Å². The van der Waals surface area contributed by atoms with E-state index in [9.17, 15) is 8.78 Å². The quantitative estimate of drug-likeness (QED) is 0.669. The third-order valence-electron chi connectivity index (χ3n) is 2.92. The van der Waals surface area contributed by atoms with Gasteiger partial charge in [0.1, 0.15) is 11.6 Å². The molecule has 0 fully saturated rings. The minimum Gasteiger partial charge on any atom is -0.207 e. The topological polar surface area (TPSA) is 0 Å². The molecule has 2 aromatic rings. The monoisotopic (exact) mass is 246 g/mol. The molecule has 0 spiro atoms. The molecule has 2 heteroatoms. The predicted octanol–water partition coefficient (Wildman–Crippen LogP) is 4.93. The van der Waals surface area contributed by atoms with E-state index in [2.05, 4.69) is 0 Å². The Morgan fingerprint density at radius 1 is 0.778 bits per heavy atom. The molecule has 0 unspecified atom stereocenters. The van der Waals surface area contributed by atoms with Gasteiger partial charge in [-0.1, -0.05) is 39.0 Å². The Morgan fingerprint density at radius 3 is 2.06 bits per heavy atom. The summed E-state index contributed by atoms with van der Waals surface area (Å²) in [7, 11) is 0. The minimum atomic E-state index is -0.311. The summed E-state index contributed by atoms with van der Waals surface area (Å²) in [4.78, 5) is 0. The first kappa shape index (κ1) is 12.7. The number of hydrogen-bond acceptors (Lipinski definition) is 0. The zero-order valence-corrected chi connectivity index (χ0v) is 10.8. The molecule has 18 heavy (non-hydrogen) atoms. The average molecular weight is 246 g/mol. The van der Waals surface area contributed by atoms with Crippen molar-refractivity contribution in [2.75, 3.05) is 0 Å². The lowest BCUT2D eigenvalue weighted by Crippen LogP contribution is -2.11. The van der Waals surface area contributed by atoms with E-state index in [1.54, 1.807) is 12.1 Å². The Bertz CT molecular complexity index is 566. The van der Waals surface area contributed by atoms with Crippen molar-refractivity contribution in [3.8, 4) is 11.1 Å². The van der Waals surface area contributed by atoms with Crippen molar-refractivity contribution < 1.29 is 8.78 Å². The van der Waals surface area contributed by atoms with Crippen LogP contribution in [-0.2, 0) is 5.41 Å². The van der Waals surface area contributed by atoms with Gasteiger partial charge in [-0.3, -0.25) is 0 Å². The number of benzene rings is 2. The second-order valence-electron chi connectivity index (χ2n) is 5.49. The molecule has 2 rings (SSSR count). The highest BCUT2D eigenvalue weighted by Gasteiger charge is 2.16. The number of rotatable bonds is 1. The molecule has 2 aromatic carbocycles. The highest BCUT2D eigenvalue weighted by molar-refractivity contribution is 5.64. The smallest absolute Gasteiger partial charge is 0.124 e. The second-order valence-corrected chi connectivity index (χ2v) is 5.49. The first-order valence-corrected chi connectivity index (χ1v) is 5.93. The van der Waals surface area contributed by atoms with Crippen molar-refractivity contribution in [1.82, 2.24) is 0 Å². The highest BCUT2D eigenvalue weighted by Crippen LogP contribution is 2.29. The third kappa shape index (κ3) is 2.76. The molecule has 0 amide bonds. The lowest BCUT2D eigenvalue weighted by molar-refractivity contribution is 0.572. The SMILES string of the molecule is CC(C)(C)c1cc(F)cc(-c2cccc(F)c2)c1. The fourth-order valence-electron chi connectivity index (χ4n) is 1.86. The molecule has 0 atom stereocenters. The van der Waals surface area contributed by atoms with Gasteiger partial charge in [-0.25, -0.2) is 8.78 Å². The van der Waals surface area contributed by atoms with E-state index in [-0.39, 0.29) is 17.0 Å². The normalized spacial score (nSPS) is 11.6. The molecular weight excluding hydrogens is 230 g/mol. The summed E-state index contributed by atoms with van der Waals surface area (Å²) in [6, 6.07) is 11.1. The van der Waals surface area contributed by atoms with Crippen LogP contribution in [0.15, 0.2) is 42.5 Å². The molecule has 0 aliphatic heterocycles. The lowest BCUT2D eigenvalue weighted by Gasteiger charge is -2.20. The maximum Gasteiger partial charge on any atom is 0.124 e. The van der Waals surface area contributed by atoms with Crippen molar-refractivity contribution in [3.05, 3.63) is 59.7 Å². The van der Waals surface area contributed by atoms with E-state index in [4.69, 9.17) is 0 Å². The van der Waals surface area contributed by atoms with E-state index in [1.165, 1.54) is 24.3 Å². The summed E-state index contributed by atoms with van der Waals surface area (Å²) in [6.07, 6.45) is 0. The number of halogens is 2. The molecule has 0 saturated carbocycles. The molecular formula is C16H16F2. The summed E-state index contributed by atoms with van der Waals surface area (Å²) in [5, 5.41) is 0. The minimum absolute atomic E-state index is 0.135. The van der Waals surface area contributed by atoms with Crippen LogP contribution in [0.4, 0.5) is 8.78 Å². The summed E-state index contributed by atoms with van der Waals surface area (Å²) in [5.74, 6) is -0.601. The molecule has 0 bridgehead atoms. The first-order valence-electron chi connectivity index (χ1n) is 5.93. The Kier molecular flexibility index (Phi) is 3.20. The molecule has 0 radical (unpaired) electrons. The Morgan fingerprint density at radius 2 is 1.44 bits per heavy atom. The lowest BCUT2D eigenvalue weighted by atomic mass is 9.85. The Balaban J connectivity index is 2.55. The van der Waals surface area contributed by atoms with Crippen molar-refractivity contribution in [1.29, 1.82) is 0 Å². The van der Waals surface area contributed by atoms with Gasteiger partial charge in [0.15, 0.2) is 0 Å². The van der Waals surface area contributed by atoms with E-state index in [0.29, 0.717) is 11.1 Å². The summed E-state index contributed by atoms with van der Waals surface area (Å²) in [6.45, 7) is 6.07. The fraction of sp³-hybridized carbons (Fsp3) is 0.250. The summed E-state index contributed by atoms with van der Waals surface area (Å²) >= 11 is 0. The summed E-state index contributed by atoms with van der Waals surface area (Å²) < 4.78 is 26.8. The predicted molar refractivity (Wildman–Crippen MR) is 70.5 cm³/mol. The van der Waals surface area contributed by atoms with Gasteiger partial charge in [-0.15, -0.1) is 0 Å². The Hall–Kier alpha value is -1.70. The van der Waals surface area contributed by atoms with Crippen molar-refractivity contribution in [2.24, 2.45) is 0 Å². The molecule has 0 nitrogen and oxygen atoms in total. The van der Waals surface area contributed by atoms with Crippen LogP contribution in [0.2, 0.25) is 0 Å². The van der Waals surface area contributed by atoms with Gasteiger partial charge in [0, 0.05) is 0 Å². The zero-order valence-electron chi connectivity index (χ0n) is 10.8. The van der Waals surface area contributed by atoms with Crippen LogP contribution >= 0.6 is 0 Å². The van der Waals surface area contributed by atoms with Gasteiger partial charge >= 0.3 is 0 Å². The van der Waals surface area contributed by atoms with Crippen LogP contribution in [0.3, 0.4) is 0 Å². The largest absolute Gasteiger partial charge is 0.207 e. The second kappa shape index (κ2) is 4.52. The van der Waals surface area contributed by atoms with Gasteiger partial charge in [0.2, 0.25) is 0 Å². The van der Waals surface area contributed by atoms with Crippen LogP contribution in [0.25, 0.3) is 11.1 Å². The van der Waals surface area contributed by atoms with Crippen molar-refractivity contribution in [3.63, 3.8) is 0 Å². The third-order valence-corrected chi connectivity index (χ3v) is 2.92. The van der Waals surface area contributed by atoms with Gasteiger partial charge in [0.05, 0.1) is 0 Å². The molecule has 0 heterocycles. The van der Waals surface area contributed by atoms with Crippen LogP contribution in [0, 0.1) is 11.6 Å². The Labute approximate surface area is 106 Å². The van der Waals surface area contributed by atoms with Gasteiger partial charge in [-0.05, 0) is 46.4 Å². The maximum atomic E-state index is 13.7. The molecule has 0 aliphatic carbocycles. The fourth-order valence-corrected chi connectivity index (χ4v) is 1.86. The molecule has 0 N–H and O–H groups in total. The van der Waals surface area contributed by atoms with Crippen molar-refractivity contribution in [2.45, 2.75) is 26.2 Å². The van der Waals surface area contributed by atoms with E-state index in [1.807, 2.05) is 26.8 Å². The van der Waals surface area contributed by atoms with E-state index < -0.39 is 0 Å². The van der Waals surface area contributed by atoms with Crippen molar-refractivity contribution >= 4 is 0 Å². The molecule has 0 aliphatic rings. The molecule has 94 valence electrons. The van der Waals surface area contributed by atoms with Crippen LogP contribution < -0.4 is 0 Å². The van der Waals surface area contributed by atoms with Gasteiger partial charge in [0.25, 0.3) is 0 Å². The van der Waals surface area contributed by atoms with Crippen LogP contribution in [0.5, 0.6) is 0 Å². The molecule has 0 aromatic heterocycles. The van der Waals surface area contributed by atoms with Gasteiger partial charge in [-0.2, -0.15) is 0 Å². The molecule has 0 saturated heterocycles. The average Bonchev–Trinajstić information content (AvgIpc) is 2.27. The first-order chi connectivity index (χ1) is 8.36. The maximum absolute atomic E-state index is 13.7.